The molecule has 4 rings (SSSR count). The summed E-state index contributed by atoms with van der Waals surface area (Å²) >= 11 is 0. The van der Waals surface area contributed by atoms with Crippen molar-refractivity contribution in [2.24, 2.45) is 0 Å². The molecular weight excluding hydrogens is 353 g/mol. The summed E-state index contributed by atoms with van der Waals surface area (Å²) in [7, 11) is 0. The van der Waals surface area contributed by atoms with Crippen LogP contribution in [0.3, 0.4) is 0 Å². The minimum absolute atomic E-state index is 0.259. The van der Waals surface area contributed by atoms with Gasteiger partial charge in [0.2, 0.25) is 5.88 Å². The number of rotatable bonds is 4. The van der Waals surface area contributed by atoms with Gasteiger partial charge in [0, 0.05) is 18.0 Å². The maximum Gasteiger partial charge on any atom is 0.416 e. The highest BCUT2D eigenvalue weighted by atomic mass is 19.4. The molecule has 1 aliphatic carbocycles. The third-order valence-corrected chi connectivity index (χ3v) is 4.62. The lowest BCUT2D eigenvalue weighted by molar-refractivity contribution is -0.137. The van der Waals surface area contributed by atoms with Crippen LogP contribution >= 0.6 is 0 Å². The Balaban J connectivity index is 1.69. The van der Waals surface area contributed by atoms with Gasteiger partial charge in [-0.1, -0.05) is 18.2 Å². The second-order valence-electron chi connectivity index (χ2n) is 6.48. The van der Waals surface area contributed by atoms with Crippen LogP contribution in [0.25, 0.3) is 11.1 Å². The highest BCUT2D eigenvalue weighted by Gasteiger charge is 2.31. The van der Waals surface area contributed by atoms with Crippen molar-refractivity contribution in [3.8, 4) is 17.0 Å². The predicted molar refractivity (Wildman–Crippen MR) is 95.3 cm³/mol. The summed E-state index contributed by atoms with van der Waals surface area (Å²) in [4.78, 5) is 8.76. The van der Waals surface area contributed by atoms with Crippen molar-refractivity contribution in [2.45, 2.75) is 32.0 Å². The molecule has 0 saturated heterocycles. The van der Waals surface area contributed by atoms with Crippen molar-refractivity contribution < 1.29 is 17.9 Å². The van der Waals surface area contributed by atoms with E-state index in [2.05, 4.69) is 9.97 Å². The second-order valence-corrected chi connectivity index (χ2v) is 6.48. The lowest BCUT2D eigenvalue weighted by Crippen LogP contribution is -2.05. The molecule has 0 spiro atoms. The largest absolute Gasteiger partial charge is 0.471 e. The van der Waals surface area contributed by atoms with E-state index in [1.165, 1.54) is 12.1 Å². The van der Waals surface area contributed by atoms with Crippen LogP contribution in [0, 0.1) is 0 Å². The van der Waals surface area contributed by atoms with Gasteiger partial charge in [0.15, 0.2) is 0 Å². The first-order valence-electron chi connectivity index (χ1n) is 8.74. The van der Waals surface area contributed by atoms with Crippen LogP contribution < -0.4 is 4.74 Å². The van der Waals surface area contributed by atoms with E-state index in [1.54, 1.807) is 18.3 Å². The van der Waals surface area contributed by atoms with Gasteiger partial charge in [0.25, 0.3) is 0 Å². The first kappa shape index (κ1) is 17.5. The van der Waals surface area contributed by atoms with Gasteiger partial charge in [-0.2, -0.15) is 13.2 Å². The summed E-state index contributed by atoms with van der Waals surface area (Å²) in [6.07, 6.45) is -0.123. The molecule has 1 aromatic carbocycles. The van der Waals surface area contributed by atoms with Gasteiger partial charge in [-0.15, -0.1) is 0 Å². The van der Waals surface area contributed by atoms with Crippen LogP contribution in [0.5, 0.6) is 5.88 Å². The fourth-order valence-corrected chi connectivity index (χ4v) is 3.34. The Kier molecular flexibility index (Phi) is 4.56. The smallest absolute Gasteiger partial charge is 0.416 e. The maximum absolute atomic E-state index is 13.1. The van der Waals surface area contributed by atoms with Crippen molar-refractivity contribution in [1.82, 2.24) is 9.97 Å². The number of aryl methyl sites for hydroxylation is 1. The molecule has 6 heteroatoms. The first-order valence-corrected chi connectivity index (χ1v) is 8.74. The predicted octanol–water partition coefficient (Wildman–Crippen LogP) is 5.23. The normalized spacial score (nSPS) is 13.4. The van der Waals surface area contributed by atoms with Crippen molar-refractivity contribution in [2.75, 3.05) is 0 Å². The third-order valence-electron chi connectivity index (χ3n) is 4.62. The highest BCUT2D eigenvalue weighted by Crippen LogP contribution is 2.37. The molecule has 0 aliphatic heterocycles. The molecule has 138 valence electrons. The first-order chi connectivity index (χ1) is 13.0. The number of ether oxygens (including phenoxy) is 1. The Morgan fingerprint density at radius 3 is 2.67 bits per heavy atom. The van der Waals surface area contributed by atoms with Gasteiger partial charge in [0.05, 0.1) is 11.3 Å². The molecule has 0 amide bonds. The lowest BCUT2D eigenvalue weighted by Gasteiger charge is -2.14. The fraction of sp³-hybridized carbons (Fsp3) is 0.238. The van der Waals surface area contributed by atoms with Gasteiger partial charge in [0.1, 0.15) is 6.61 Å². The molecule has 2 aromatic heterocycles. The Bertz CT molecular complexity index is 955. The van der Waals surface area contributed by atoms with Gasteiger partial charge in [-0.25, -0.2) is 4.98 Å². The maximum atomic E-state index is 13.1. The van der Waals surface area contributed by atoms with Crippen molar-refractivity contribution >= 4 is 0 Å². The average Bonchev–Trinajstić information content (AvgIpc) is 3.14. The van der Waals surface area contributed by atoms with Crippen LogP contribution in [0.1, 0.15) is 28.9 Å². The minimum atomic E-state index is -4.37. The summed E-state index contributed by atoms with van der Waals surface area (Å²) in [5, 5.41) is 0. The van der Waals surface area contributed by atoms with E-state index in [4.69, 9.17) is 4.74 Å². The van der Waals surface area contributed by atoms with Crippen LogP contribution in [0.15, 0.2) is 54.7 Å². The van der Waals surface area contributed by atoms with Crippen LogP contribution in [0.4, 0.5) is 13.2 Å². The molecular formula is C21H17F3N2O. The molecule has 0 saturated carbocycles. The van der Waals surface area contributed by atoms with Crippen LogP contribution in [-0.4, -0.2) is 9.97 Å². The highest BCUT2D eigenvalue weighted by molar-refractivity contribution is 5.70. The minimum Gasteiger partial charge on any atom is -0.471 e. The number of benzene rings is 1. The third kappa shape index (κ3) is 3.79. The molecule has 0 radical (unpaired) electrons. The number of pyridine rings is 2. The van der Waals surface area contributed by atoms with E-state index in [9.17, 15) is 13.2 Å². The van der Waals surface area contributed by atoms with Gasteiger partial charge < -0.3 is 4.74 Å². The average molecular weight is 370 g/mol. The number of hydrogen-bond acceptors (Lipinski definition) is 3. The van der Waals surface area contributed by atoms with E-state index >= 15 is 0 Å². The van der Waals surface area contributed by atoms with Crippen LogP contribution in [0.2, 0.25) is 0 Å². The number of alkyl halides is 3. The molecule has 1 aliphatic rings. The molecule has 3 aromatic rings. The molecule has 27 heavy (non-hydrogen) atoms. The zero-order chi connectivity index (χ0) is 18.9. The van der Waals surface area contributed by atoms with Crippen molar-refractivity contribution in [3.05, 3.63) is 77.2 Å². The number of halogens is 3. The van der Waals surface area contributed by atoms with Gasteiger partial charge in [-0.05, 0) is 60.2 Å². The standard InChI is InChI=1S/C21H17F3N2O/c22-21(23,24)15-6-3-5-14(11-15)18-12-20(26-19-9-4-8-17(18)19)27-13-16-7-1-2-10-25-16/h1-3,5-7,10-12H,4,8-9,13H2. The van der Waals surface area contributed by atoms with E-state index in [1.807, 2.05) is 18.2 Å². The number of hydrogen-bond donors (Lipinski definition) is 0. The van der Waals surface area contributed by atoms with E-state index in [-0.39, 0.29) is 6.61 Å². The molecule has 0 N–H and O–H groups in total. The Labute approximate surface area is 154 Å². The molecule has 0 fully saturated rings. The van der Waals surface area contributed by atoms with E-state index < -0.39 is 11.7 Å². The fourth-order valence-electron chi connectivity index (χ4n) is 3.34. The van der Waals surface area contributed by atoms with Crippen molar-refractivity contribution in [1.29, 1.82) is 0 Å². The number of fused-ring (bicyclic) bond motifs is 1. The second kappa shape index (κ2) is 7.02. The molecule has 0 unspecified atom stereocenters. The van der Waals surface area contributed by atoms with E-state index in [0.717, 1.165) is 47.8 Å². The van der Waals surface area contributed by atoms with E-state index in [0.29, 0.717) is 11.4 Å². The number of aromatic nitrogens is 2. The summed E-state index contributed by atoms with van der Waals surface area (Å²) in [6, 6.07) is 12.7. The zero-order valence-corrected chi connectivity index (χ0v) is 14.5. The Morgan fingerprint density at radius 2 is 1.89 bits per heavy atom. The molecule has 0 atom stereocenters. The lowest BCUT2D eigenvalue weighted by atomic mass is 9.98. The molecule has 2 heterocycles. The quantitative estimate of drug-likeness (QED) is 0.631. The summed E-state index contributed by atoms with van der Waals surface area (Å²) in [5.74, 6) is 0.411. The topological polar surface area (TPSA) is 35.0 Å². The zero-order valence-electron chi connectivity index (χ0n) is 14.5. The summed E-state index contributed by atoms with van der Waals surface area (Å²) in [6.45, 7) is 0.259. The molecule has 3 nitrogen and oxygen atoms in total. The SMILES string of the molecule is FC(F)(F)c1cccc(-c2cc(OCc3ccccn3)nc3c2CCC3)c1. The van der Waals surface area contributed by atoms with Crippen LogP contribution in [-0.2, 0) is 25.6 Å². The van der Waals surface area contributed by atoms with Crippen molar-refractivity contribution in [3.63, 3.8) is 0 Å². The van der Waals surface area contributed by atoms with Gasteiger partial charge in [-0.3, -0.25) is 4.98 Å². The Morgan fingerprint density at radius 1 is 1.00 bits per heavy atom. The van der Waals surface area contributed by atoms with Gasteiger partial charge >= 0.3 is 6.18 Å². The summed E-state index contributed by atoms with van der Waals surface area (Å²) in [5.41, 5.74) is 3.33. The molecule has 0 bridgehead atoms. The Hall–Kier alpha value is -2.89. The monoisotopic (exact) mass is 370 g/mol. The number of nitrogens with zero attached hydrogens (tertiary/aromatic N) is 2. The summed E-state index contributed by atoms with van der Waals surface area (Å²) < 4.78 is 45.1.